The molecule has 3 heterocycles. The molecule has 0 bridgehead atoms. The number of hydrogen-bond acceptors (Lipinski definition) is 9. The summed E-state index contributed by atoms with van der Waals surface area (Å²) in [4.78, 5) is 49.4. The molecule has 0 radical (unpaired) electrons. The molecular formula is C41H49ClF3N9O4. The van der Waals surface area contributed by atoms with Crippen molar-refractivity contribution in [1.29, 1.82) is 0 Å². The zero-order chi connectivity index (χ0) is 43.1. The van der Waals surface area contributed by atoms with Crippen LogP contribution in [0.1, 0.15) is 101 Å². The largest absolute Gasteiger partial charge is 0.504 e. The monoisotopic (exact) mass is 823 g/mol. The van der Waals surface area contributed by atoms with Crippen molar-refractivity contribution < 1.29 is 32.7 Å². The predicted molar refractivity (Wildman–Crippen MR) is 218 cm³/mol. The van der Waals surface area contributed by atoms with Crippen molar-refractivity contribution in [3.05, 3.63) is 100 Å². The predicted octanol–water partition coefficient (Wildman–Crippen LogP) is 8.70. The summed E-state index contributed by atoms with van der Waals surface area (Å²) >= 11 is 6.01. The van der Waals surface area contributed by atoms with Gasteiger partial charge in [-0.25, -0.2) is 9.97 Å². The molecule has 2 N–H and O–H groups in total. The van der Waals surface area contributed by atoms with Gasteiger partial charge in [-0.15, -0.1) is 0 Å². The minimum absolute atomic E-state index is 0.0315. The Bertz CT molecular complexity index is 2240. The molecule has 0 fully saturated rings. The first-order chi connectivity index (χ1) is 27.3. The summed E-state index contributed by atoms with van der Waals surface area (Å²) in [6, 6.07) is 8.59. The van der Waals surface area contributed by atoms with Gasteiger partial charge < -0.3 is 20.2 Å². The summed E-state index contributed by atoms with van der Waals surface area (Å²) < 4.78 is 40.8. The molecule has 0 aliphatic carbocycles. The Hall–Kier alpha value is -5.77. The van der Waals surface area contributed by atoms with E-state index in [1.807, 2.05) is 63.7 Å². The van der Waals surface area contributed by atoms with E-state index in [9.17, 15) is 32.7 Å². The number of carbonyl (C=O) groups is 3. The molecule has 0 atom stereocenters. The maximum Gasteiger partial charge on any atom is 0.416 e. The Kier molecular flexibility index (Phi) is 14.8. The molecule has 5 rings (SSSR count). The molecule has 3 amide bonds. The van der Waals surface area contributed by atoms with Gasteiger partial charge in [0.05, 0.1) is 33.2 Å². The molecule has 2 aromatic heterocycles. The number of hydrazone groups is 1. The number of anilines is 1. The van der Waals surface area contributed by atoms with Crippen molar-refractivity contribution in [1.82, 2.24) is 34.6 Å². The number of rotatable bonds is 12. The number of carbonyl (C=O) groups excluding carboxylic acids is 3. The van der Waals surface area contributed by atoms with E-state index in [0.717, 1.165) is 52.5 Å². The molecule has 0 saturated heterocycles. The van der Waals surface area contributed by atoms with Crippen molar-refractivity contribution in [3.63, 3.8) is 0 Å². The zero-order valence-corrected chi connectivity index (χ0v) is 34.7. The third-order valence-corrected chi connectivity index (χ3v) is 9.55. The number of allylic oxidation sites excluding steroid dienone is 1. The van der Waals surface area contributed by atoms with E-state index < -0.39 is 17.6 Å². The second-order valence-corrected chi connectivity index (χ2v) is 14.3. The fourth-order valence-electron chi connectivity index (χ4n) is 6.11. The number of nitrogens with one attached hydrogen (secondary N) is 1. The fraction of sp³-hybridized carbons (Fsp3) is 0.390. The minimum Gasteiger partial charge on any atom is -0.504 e. The number of halogens is 4. The summed E-state index contributed by atoms with van der Waals surface area (Å²) in [6.45, 7) is 20.1. The van der Waals surface area contributed by atoms with E-state index >= 15 is 0 Å². The van der Waals surface area contributed by atoms with Crippen molar-refractivity contribution in [2.45, 2.75) is 86.9 Å². The first-order valence-electron chi connectivity index (χ1n) is 18.8. The number of hydrogen-bond donors (Lipinski definition) is 2. The molecule has 1 aliphatic heterocycles. The van der Waals surface area contributed by atoms with Crippen LogP contribution >= 0.6 is 11.6 Å². The van der Waals surface area contributed by atoms with Gasteiger partial charge in [-0.05, 0) is 89.8 Å². The zero-order valence-electron chi connectivity index (χ0n) is 33.9. The quantitative estimate of drug-likeness (QED) is 0.135. The number of nitrogens with zero attached hydrogens (tertiary/aromatic N) is 8. The Morgan fingerprint density at radius 1 is 1.05 bits per heavy atom. The molecule has 0 saturated carbocycles. The lowest BCUT2D eigenvalue weighted by atomic mass is 10.1. The van der Waals surface area contributed by atoms with E-state index in [1.165, 1.54) is 6.33 Å². The average molecular weight is 824 g/mol. The molecular weight excluding hydrogens is 775 g/mol. The molecule has 13 nitrogen and oxygen atoms in total. The SMILES string of the molecule is C=C1N(CC(=O)Nc2ccc(C(F)(F)F)cc2Cl)C(CC)=C(C)C(=O)N1/N=C(\C)c1ccc2nn(C(C)C)cc2c1.CCCN(CCC)C(=O)c1ncnc(C)c1O. The summed E-state index contributed by atoms with van der Waals surface area (Å²) in [5.74, 6) is -1.11. The number of alkyl halides is 3. The molecule has 17 heteroatoms. The van der Waals surface area contributed by atoms with Crippen molar-refractivity contribution in [2.75, 3.05) is 25.0 Å². The number of aryl methyl sites for hydroxylation is 1. The van der Waals surface area contributed by atoms with Crippen molar-refractivity contribution >= 4 is 51.6 Å². The highest BCUT2D eigenvalue weighted by molar-refractivity contribution is 6.33. The van der Waals surface area contributed by atoms with Gasteiger partial charge in [0.1, 0.15) is 18.7 Å². The van der Waals surface area contributed by atoms with Crippen LogP contribution in [0.25, 0.3) is 10.9 Å². The summed E-state index contributed by atoms with van der Waals surface area (Å²) in [7, 11) is 0. The van der Waals surface area contributed by atoms with Crippen LogP contribution in [0.2, 0.25) is 5.02 Å². The third-order valence-electron chi connectivity index (χ3n) is 9.24. The topological polar surface area (TPSA) is 149 Å². The second-order valence-electron chi connectivity index (χ2n) is 13.9. The van der Waals surface area contributed by atoms with Crippen LogP contribution in [0.3, 0.4) is 0 Å². The Morgan fingerprint density at radius 2 is 1.72 bits per heavy atom. The normalized spacial score (nSPS) is 13.6. The highest BCUT2D eigenvalue weighted by atomic mass is 35.5. The van der Waals surface area contributed by atoms with Crippen LogP contribution in [-0.2, 0) is 15.8 Å². The van der Waals surface area contributed by atoms with Gasteiger partial charge >= 0.3 is 6.18 Å². The van der Waals surface area contributed by atoms with Crippen molar-refractivity contribution in [3.8, 4) is 5.75 Å². The Labute approximate surface area is 340 Å². The maximum absolute atomic E-state index is 13.3. The molecule has 0 spiro atoms. The summed E-state index contributed by atoms with van der Waals surface area (Å²) in [6.07, 6.45) is 0.890. The number of benzene rings is 2. The lowest BCUT2D eigenvalue weighted by Crippen LogP contribution is -2.44. The minimum atomic E-state index is -4.56. The highest BCUT2D eigenvalue weighted by Gasteiger charge is 2.34. The average Bonchev–Trinajstić information content (AvgIpc) is 3.61. The van der Waals surface area contributed by atoms with Gasteiger partial charge in [0.25, 0.3) is 11.8 Å². The molecule has 2 aromatic carbocycles. The standard InChI is InChI=1S/C29H30ClF3N6O2.C12H19N3O2/c1-7-26-17(4)28(41)39(35-18(5)20-8-10-24-21(12-20)14-38(36-24)16(2)3)19(6)37(26)15-27(40)34-25-11-9-22(13-23(25)30)29(31,32)33;1-4-6-15(7-5-2)12(17)10-11(16)9(3)13-8-14-10/h8-14,16H,6-7,15H2,1-5H3,(H,34,40);8,16H,4-7H2,1-3H3/b35-18+;. The third kappa shape index (κ3) is 10.4. The lowest BCUT2D eigenvalue weighted by molar-refractivity contribution is -0.137. The van der Waals surface area contributed by atoms with E-state index in [4.69, 9.17) is 11.6 Å². The van der Waals surface area contributed by atoms with Crippen LogP contribution < -0.4 is 5.32 Å². The van der Waals surface area contributed by atoms with E-state index in [1.54, 1.807) is 30.6 Å². The van der Waals surface area contributed by atoms with E-state index in [0.29, 0.717) is 42.2 Å². The van der Waals surface area contributed by atoms with Crippen LogP contribution in [0.15, 0.2) is 77.7 Å². The van der Waals surface area contributed by atoms with Crippen LogP contribution in [0.4, 0.5) is 18.9 Å². The molecule has 0 unspecified atom stereocenters. The van der Waals surface area contributed by atoms with Crippen LogP contribution in [-0.4, -0.2) is 82.7 Å². The number of fused-ring (bicyclic) bond motifs is 1. The summed E-state index contributed by atoms with van der Waals surface area (Å²) in [5, 5.41) is 23.3. The fourth-order valence-corrected chi connectivity index (χ4v) is 6.34. The van der Waals surface area contributed by atoms with E-state index in [-0.39, 0.29) is 52.4 Å². The van der Waals surface area contributed by atoms with Gasteiger partial charge in [0, 0.05) is 42.0 Å². The maximum atomic E-state index is 13.3. The number of amides is 3. The van der Waals surface area contributed by atoms with Crippen LogP contribution in [0.5, 0.6) is 5.75 Å². The van der Waals surface area contributed by atoms with E-state index in [2.05, 4.69) is 32.1 Å². The molecule has 1 aliphatic rings. The van der Waals surface area contributed by atoms with Gasteiger partial charge in [-0.3, -0.25) is 19.1 Å². The van der Waals surface area contributed by atoms with Gasteiger partial charge in [0.15, 0.2) is 11.4 Å². The van der Waals surface area contributed by atoms with Crippen LogP contribution in [0, 0.1) is 6.92 Å². The van der Waals surface area contributed by atoms with Crippen molar-refractivity contribution in [2.24, 2.45) is 5.10 Å². The first kappa shape index (κ1) is 44.9. The summed E-state index contributed by atoms with van der Waals surface area (Å²) in [5.41, 5.74) is 2.78. The first-order valence-corrected chi connectivity index (χ1v) is 19.2. The second kappa shape index (κ2) is 19.1. The van der Waals surface area contributed by atoms with Gasteiger partial charge in [0.2, 0.25) is 5.91 Å². The number of aromatic nitrogens is 4. The number of aromatic hydroxyl groups is 1. The van der Waals surface area contributed by atoms with Gasteiger partial charge in [-0.1, -0.05) is 45.0 Å². The lowest BCUT2D eigenvalue weighted by Gasteiger charge is -2.38. The molecule has 310 valence electrons. The van der Waals surface area contributed by atoms with Gasteiger partial charge in [-0.2, -0.15) is 28.4 Å². The molecule has 4 aromatic rings. The Morgan fingerprint density at radius 3 is 2.31 bits per heavy atom. The smallest absolute Gasteiger partial charge is 0.416 e. The highest BCUT2D eigenvalue weighted by Crippen LogP contribution is 2.34. The molecule has 58 heavy (non-hydrogen) atoms. The Balaban J connectivity index is 0.000000366.